The molecule has 1 amide bonds. The average Bonchev–Trinajstić information content (AvgIpc) is 2.65. The van der Waals surface area contributed by atoms with Gasteiger partial charge in [-0.1, -0.05) is 26.0 Å². The minimum Gasteiger partial charge on any atom is -0.396 e. The molecule has 0 aliphatic carbocycles. The number of halogens is 1. The predicted molar refractivity (Wildman–Crippen MR) is 109 cm³/mol. The molecule has 2 aliphatic rings. The Morgan fingerprint density at radius 2 is 1.76 bits per heavy atom. The Bertz CT molecular complexity index is 798. The highest BCUT2D eigenvalue weighted by Crippen LogP contribution is 2.31. The zero-order valence-electron chi connectivity index (χ0n) is 17.1. The van der Waals surface area contributed by atoms with Crippen LogP contribution in [0.5, 0.6) is 0 Å². The van der Waals surface area contributed by atoms with Gasteiger partial charge in [-0.3, -0.25) is 4.79 Å². The number of likely N-dealkylation sites (tertiary alicyclic amines) is 1. The van der Waals surface area contributed by atoms with Gasteiger partial charge in [-0.2, -0.15) is 0 Å². The standard InChI is InChI=1S/C21H31FN2O4S/c1-15(2)18(14-25)11-21(26)23-12-20(13-23)29(27,28)24-9-7-17(8-10-24)16-3-5-19(22)6-4-16/h3-6,15,17-18,20,25H,7-14H2,1-2H3/t18-/m0/s1. The van der Waals surface area contributed by atoms with Gasteiger partial charge in [-0.05, 0) is 48.3 Å². The Morgan fingerprint density at radius 3 is 2.28 bits per heavy atom. The molecular weight excluding hydrogens is 395 g/mol. The third kappa shape index (κ3) is 4.98. The van der Waals surface area contributed by atoms with E-state index in [1.54, 1.807) is 21.3 Å². The van der Waals surface area contributed by atoms with Gasteiger partial charge in [0.2, 0.25) is 15.9 Å². The molecule has 29 heavy (non-hydrogen) atoms. The molecule has 162 valence electrons. The van der Waals surface area contributed by atoms with Gasteiger partial charge in [0.15, 0.2) is 0 Å². The number of hydrogen-bond acceptors (Lipinski definition) is 4. The molecule has 1 atom stereocenters. The second-order valence-corrected chi connectivity index (χ2v) is 10.8. The molecule has 2 fully saturated rings. The zero-order valence-corrected chi connectivity index (χ0v) is 17.9. The zero-order chi connectivity index (χ0) is 21.2. The minimum absolute atomic E-state index is 0.0397. The molecular formula is C21H31FN2O4S. The number of sulfonamides is 1. The molecule has 0 bridgehead atoms. The summed E-state index contributed by atoms with van der Waals surface area (Å²) in [5, 5.41) is 8.85. The van der Waals surface area contributed by atoms with E-state index in [1.165, 1.54) is 12.1 Å². The predicted octanol–water partition coefficient (Wildman–Crippen LogP) is 2.20. The Balaban J connectivity index is 1.50. The fourth-order valence-corrected chi connectivity index (χ4v) is 5.96. The molecule has 0 unspecified atom stereocenters. The summed E-state index contributed by atoms with van der Waals surface area (Å²) in [5.74, 6) is -0.000425. The van der Waals surface area contributed by atoms with Crippen molar-refractivity contribution in [1.82, 2.24) is 9.21 Å². The molecule has 2 heterocycles. The number of carbonyl (C=O) groups excluding carboxylic acids is 1. The first kappa shape index (κ1) is 22.2. The number of carbonyl (C=O) groups is 1. The van der Waals surface area contributed by atoms with Crippen LogP contribution in [0, 0.1) is 17.7 Å². The second kappa shape index (κ2) is 9.10. The SMILES string of the molecule is CC(C)[C@H](CO)CC(=O)N1CC(S(=O)(=O)N2CCC(c3ccc(F)cc3)CC2)C1. The quantitative estimate of drug-likeness (QED) is 0.725. The van der Waals surface area contributed by atoms with Crippen molar-refractivity contribution in [3.8, 4) is 0 Å². The highest BCUT2D eigenvalue weighted by molar-refractivity contribution is 7.89. The van der Waals surface area contributed by atoms with E-state index in [2.05, 4.69) is 0 Å². The number of rotatable bonds is 7. The van der Waals surface area contributed by atoms with Gasteiger partial charge in [0.25, 0.3) is 0 Å². The number of benzene rings is 1. The maximum atomic E-state index is 13.1. The molecule has 0 radical (unpaired) electrons. The Kier molecular flexibility index (Phi) is 6.96. The first-order valence-electron chi connectivity index (χ1n) is 10.4. The molecule has 0 spiro atoms. The molecule has 1 aromatic carbocycles. The van der Waals surface area contributed by atoms with Crippen molar-refractivity contribution in [1.29, 1.82) is 0 Å². The molecule has 1 N–H and O–H groups in total. The maximum Gasteiger partial charge on any atom is 0.223 e. The van der Waals surface area contributed by atoms with Gasteiger partial charge in [-0.15, -0.1) is 0 Å². The monoisotopic (exact) mass is 426 g/mol. The smallest absolute Gasteiger partial charge is 0.223 e. The Labute approximate surface area is 172 Å². The van der Waals surface area contributed by atoms with E-state index in [4.69, 9.17) is 0 Å². The molecule has 2 saturated heterocycles. The van der Waals surface area contributed by atoms with Crippen molar-refractivity contribution in [3.05, 3.63) is 35.6 Å². The third-order valence-electron chi connectivity index (χ3n) is 6.39. The van der Waals surface area contributed by atoms with Crippen LogP contribution in [-0.4, -0.2) is 66.7 Å². The van der Waals surface area contributed by atoms with Crippen molar-refractivity contribution in [3.63, 3.8) is 0 Å². The lowest BCUT2D eigenvalue weighted by atomic mass is 9.90. The van der Waals surface area contributed by atoms with Gasteiger partial charge < -0.3 is 10.0 Å². The minimum atomic E-state index is -3.42. The average molecular weight is 427 g/mol. The van der Waals surface area contributed by atoms with Gasteiger partial charge >= 0.3 is 0 Å². The van der Waals surface area contributed by atoms with Gasteiger partial charge in [-0.25, -0.2) is 17.1 Å². The lowest BCUT2D eigenvalue weighted by molar-refractivity contribution is -0.136. The van der Waals surface area contributed by atoms with Crippen molar-refractivity contribution in [2.75, 3.05) is 32.8 Å². The number of amides is 1. The first-order valence-corrected chi connectivity index (χ1v) is 11.9. The van der Waals surface area contributed by atoms with Crippen molar-refractivity contribution >= 4 is 15.9 Å². The third-order valence-corrected chi connectivity index (χ3v) is 8.62. The fraction of sp³-hybridized carbons (Fsp3) is 0.667. The van der Waals surface area contributed by atoms with Crippen LogP contribution in [0.25, 0.3) is 0 Å². The highest BCUT2D eigenvalue weighted by atomic mass is 32.2. The van der Waals surface area contributed by atoms with Gasteiger partial charge in [0.05, 0.1) is 0 Å². The summed E-state index contributed by atoms with van der Waals surface area (Å²) >= 11 is 0. The van der Waals surface area contributed by atoms with Crippen LogP contribution in [-0.2, 0) is 14.8 Å². The Hall–Kier alpha value is -1.51. The summed E-state index contributed by atoms with van der Waals surface area (Å²) in [5.41, 5.74) is 1.05. The second-order valence-electron chi connectivity index (χ2n) is 8.58. The molecule has 2 aliphatic heterocycles. The van der Waals surface area contributed by atoms with E-state index in [9.17, 15) is 22.7 Å². The van der Waals surface area contributed by atoms with Crippen molar-refractivity contribution in [2.45, 2.75) is 44.3 Å². The van der Waals surface area contributed by atoms with Gasteiger partial charge in [0, 0.05) is 39.2 Å². The number of aliphatic hydroxyl groups excluding tert-OH is 1. The molecule has 3 rings (SSSR count). The summed E-state index contributed by atoms with van der Waals surface area (Å²) in [6, 6.07) is 6.44. The lowest BCUT2D eigenvalue weighted by Gasteiger charge is -2.42. The highest BCUT2D eigenvalue weighted by Gasteiger charge is 2.43. The molecule has 0 aromatic heterocycles. The molecule has 1 aromatic rings. The number of nitrogens with zero attached hydrogens (tertiary/aromatic N) is 2. The Morgan fingerprint density at radius 1 is 1.17 bits per heavy atom. The van der Waals surface area contributed by atoms with E-state index >= 15 is 0 Å². The number of aliphatic hydroxyl groups is 1. The van der Waals surface area contributed by atoms with Crippen LogP contribution in [0.4, 0.5) is 4.39 Å². The summed E-state index contributed by atoms with van der Waals surface area (Å²) in [6.45, 7) is 5.26. The van der Waals surface area contributed by atoms with Crippen LogP contribution in [0.15, 0.2) is 24.3 Å². The lowest BCUT2D eigenvalue weighted by Crippen LogP contribution is -2.60. The molecule has 6 nitrogen and oxygen atoms in total. The fourth-order valence-electron chi connectivity index (χ4n) is 4.08. The molecule has 8 heteroatoms. The summed E-state index contributed by atoms with van der Waals surface area (Å²) in [6.07, 6.45) is 1.68. The van der Waals surface area contributed by atoms with E-state index in [1.807, 2.05) is 13.8 Å². The summed E-state index contributed by atoms with van der Waals surface area (Å²) < 4.78 is 40.5. The van der Waals surface area contributed by atoms with Crippen LogP contribution < -0.4 is 0 Å². The van der Waals surface area contributed by atoms with Crippen LogP contribution >= 0.6 is 0 Å². The van der Waals surface area contributed by atoms with E-state index in [0.717, 1.165) is 5.56 Å². The maximum absolute atomic E-state index is 13.1. The topological polar surface area (TPSA) is 77.9 Å². The largest absolute Gasteiger partial charge is 0.396 e. The first-order chi connectivity index (χ1) is 13.7. The van der Waals surface area contributed by atoms with Crippen molar-refractivity contribution < 1.29 is 22.7 Å². The van der Waals surface area contributed by atoms with Crippen LogP contribution in [0.1, 0.15) is 44.6 Å². The number of piperidine rings is 1. The van der Waals surface area contributed by atoms with Crippen LogP contribution in [0.2, 0.25) is 0 Å². The van der Waals surface area contributed by atoms with Crippen molar-refractivity contribution in [2.24, 2.45) is 11.8 Å². The summed E-state index contributed by atoms with van der Waals surface area (Å²) in [7, 11) is -3.42. The van der Waals surface area contributed by atoms with Gasteiger partial charge in [0.1, 0.15) is 11.1 Å². The van der Waals surface area contributed by atoms with E-state index in [0.29, 0.717) is 25.9 Å². The number of hydrogen-bond donors (Lipinski definition) is 1. The molecule has 0 saturated carbocycles. The van der Waals surface area contributed by atoms with E-state index < -0.39 is 15.3 Å². The normalized spacial score (nSPS) is 20.7. The van der Waals surface area contributed by atoms with Crippen LogP contribution in [0.3, 0.4) is 0 Å². The summed E-state index contributed by atoms with van der Waals surface area (Å²) in [4.78, 5) is 13.9. The van der Waals surface area contributed by atoms with E-state index in [-0.39, 0.29) is 55.6 Å².